The molecule has 0 saturated heterocycles. The van der Waals surface area contributed by atoms with E-state index in [1.54, 1.807) is 0 Å². The Bertz CT molecular complexity index is 4320. The van der Waals surface area contributed by atoms with E-state index in [0.29, 0.717) is 5.92 Å². The number of fused-ring (bicyclic) bond motifs is 13. The molecule has 0 fully saturated rings. The lowest BCUT2D eigenvalue weighted by Gasteiger charge is -2.36. The molecule has 14 rings (SSSR count). The first kappa shape index (κ1) is 52.3. The van der Waals surface area contributed by atoms with Gasteiger partial charge in [0.1, 0.15) is 0 Å². The van der Waals surface area contributed by atoms with E-state index in [2.05, 4.69) is 317 Å². The van der Waals surface area contributed by atoms with E-state index in [4.69, 9.17) is 0 Å². The van der Waals surface area contributed by atoms with Gasteiger partial charge in [0.25, 0.3) is 0 Å². The number of rotatable bonds is 9. The van der Waals surface area contributed by atoms with Crippen LogP contribution in [0.5, 0.6) is 0 Å². The molecule has 2 unspecified atom stereocenters. The van der Waals surface area contributed by atoms with Crippen LogP contribution in [0.3, 0.4) is 0 Å². The Balaban J connectivity index is 0.829. The second kappa shape index (κ2) is 19.4. The summed E-state index contributed by atoms with van der Waals surface area (Å²) in [5.74, 6) is 0.465. The van der Waals surface area contributed by atoms with Crippen LogP contribution in [0.1, 0.15) is 118 Å². The van der Waals surface area contributed by atoms with Gasteiger partial charge in [0.15, 0.2) is 0 Å². The van der Waals surface area contributed by atoms with Crippen LogP contribution in [-0.2, 0) is 10.8 Å². The molecule has 1 spiro atoms. The zero-order valence-corrected chi connectivity index (χ0v) is 49.8. The maximum absolute atomic E-state index is 2.54. The lowest BCUT2D eigenvalue weighted by atomic mass is 9.69. The molecule has 1 nitrogen and oxygen atoms in total. The van der Waals surface area contributed by atoms with Gasteiger partial charge < -0.3 is 4.90 Å². The maximum Gasteiger partial charge on any atom is 0.0725 e. The van der Waals surface area contributed by atoms with Gasteiger partial charge in [-0.2, -0.15) is 0 Å². The Morgan fingerprint density at radius 2 is 0.723 bits per heavy atom. The van der Waals surface area contributed by atoms with E-state index in [1.807, 2.05) is 0 Å². The number of nitrogens with zero attached hydrogens (tertiary/aromatic N) is 1. The first-order chi connectivity index (χ1) is 40.0. The highest BCUT2D eigenvalue weighted by Gasteiger charge is 2.52. The Morgan fingerprint density at radius 1 is 0.325 bits per heavy atom. The summed E-state index contributed by atoms with van der Waals surface area (Å²) in [5.41, 5.74) is 33.2. The average molecular weight is 1070 g/mol. The van der Waals surface area contributed by atoms with Gasteiger partial charge in [-0.1, -0.05) is 250 Å². The molecule has 3 aliphatic rings. The van der Waals surface area contributed by atoms with E-state index < -0.39 is 5.41 Å². The fraction of sp³-hybridized carbons (Fsp3) is 0.195. The minimum absolute atomic E-state index is 0.115. The molecular formula is C82H73N. The maximum atomic E-state index is 2.54. The van der Waals surface area contributed by atoms with Crippen molar-refractivity contribution in [1.29, 1.82) is 0 Å². The van der Waals surface area contributed by atoms with Crippen molar-refractivity contribution in [2.45, 2.75) is 92.4 Å². The number of anilines is 3. The number of aryl methyl sites for hydroxylation is 2. The van der Waals surface area contributed by atoms with Crippen LogP contribution >= 0.6 is 0 Å². The van der Waals surface area contributed by atoms with E-state index in [0.717, 1.165) is 23.5 Å². The summed E-state index contributed by atoms with van der Waals surface area (Å²) in [4.78, 5) is 2.42. The molecule has 83 heavy (non-hydrogen) atoms. The molecule has 0 aromatic heterocycles. The summed E-state index contributed by atoms with van der Waals surface area (Å²) in [5, 5.41) is 0. The second-order valence-corrected chi connectivity index (χ2v) is 26.8. The summed E-state index contributed by atoms with van der Waals surface area (Å²) in [7, 11) is 0. The van der Waals surface area contributed by atoms with Crippen LogP contribution in [-0.4, -0.2) is 0 Å². The van der Waals surface area contributed by atoms with Crippen molar-refractivity contribution < 1.29 is 0 Å². The first-order valence-corrected chi connectivity index (χ1v) is 30.0. The van der Waals surface area contributed by atoms with Crippen LogP contribution in [0, 0.1) is 24.7 Å². The van der Waals surface area contributed by atoms with E-state index in [-0.39, 0.29) is 16.2 Å². The average Bonchev–Trinajstić information content (AvgIpc) is 1.61. The standard InChI is InChI=1S/C82H73N/c1-52-47-71(53(2)46-70(52)57-34-40-62(41-35-57)83(61-38-32-55(33-39-61)54-20-12-11-13-21-54)63-42-45-67-64-22-14-17-25-72(64)81(9,10)75(67)50-63)60-37-44-69-66-24-16-19-27-74(66)82(77(69)49-60)73-26-18-15-23-65(73)68-43-36-59(48-76(68)82)56-28-30-58(31-29-56)78(80(6,7)8)51-79(3,4)5/h11-50,78H,51H2,1-10H3. The molecule has 0 heterocycles. The Morgan fingerprint density at radius 3 is 1.29 bits per heavy atom. The van der Waals surface area contributed by atoms with Crippen molar-refractivity contribution in [3.8, 4) is 77.9 Å². The normalized spacial score (nSPS) is 15.5. The number of benzene rings is 11. The monoisotopic (exact) mass is 1070 g/mol. The molecule has 11 aromatic rings. The third-order valence-electron chi connectivity index (χ3n) is 19.0. The van der Waals surface area contributed by atoms with Crippen molar-refractivity contribution in [2.24, 2.45) is 10.8 Å². The van der Waals surface area contributed by atoms with Crippen molar-refractivity contribution in [3.63, 3.8) is 0 Å². The van der Waals surface area contributed by atoms with Gasteiger partial charge in [0, 0.05) is 22.5 Å². The highest BCUT2D eigenvalue weighted by Crippen LogP contribution is 2.64. The summed E-state index contributed by atoms with van der Waals surface area (Å²) in [6, 6.07) is 92.4. The van der Waals surface area contributed by atoms with Crippen LogP contribution in [0.2, 0.25) is 0 Å². The molecule has 2 atom stereocenters. The minimum Gasteiger partial charge on any atom is -0.310 e. The summed E-state index contributed by atoms with van der Waals surface area (Å²) < 4.78 is 0. The van der Waals surface area contributed by atoms with Gasteiger partial charge in [-0.05, 0) is 214 Å². The molecule has 406 valence electrons. The third kappa shape index (κ3) is 8.57. The zero-order chi connectivity index (χ0) is 57.2. The van der Waals surface area contributed by atoms with Gasteiger partial charge >= 0.3 is 0 Å². The molecule has 0 bridgehead atoms. The second-order valence-electron chi connectivity index (χ2n) is 26.8. The smallest absolute Gasteiger partial charge is 0.0725 e. The molecule has 0 saturated carbocycles. The predicted molar refractivity (Wildman–Crippen MR) is 352 cm³/mol. The molecule has 0 radical (unpaired) electrons. The minimum atomic E-state index is -0.475. The molecule has 0 amide bonds. The molecular weight excluding hydrogens is 999 g/mol. The summed E-state index contributed by atoms with van der Waals surface area (Å²) >= 11 is 0. The molecule has 0 N–H and O–H groups in total. The van der Waals surface area contributed by atoms with Gasteiger partial charge in [-0.15, -0.1) is 0 Å². The van der Waals surface area contributed by atoms with Gasteiger partial charge in [-0.3, -0.25) is 0 Å². The van der Waals surface area contributed by atoms with Gasteiger partial charge in [0.2, 0.25) is 0 Å². The van der Waals surface area contributed by atoms with E-state index >= 15 is 0 Å². The van der Waals surface area contributed by atoms with Crippen molar-refractivity contribution in [3.05, 3.63) is 293 Å². The fourth-order valence-electron chi connectivity index (χ4n) is 14.9. The topological polar surface area (TPSA) is 3.24 Å². The summed E-state index contributed by atoms with van der Waals surface area (Å²) in [6.45, 7) is 23.6. The summed E-state index contributed by atoms with van der Waals surface area (Å²) in [6.07, 6.45) is 1.14. The van der Waals surface area contributed by atoms with Crippen LogP contribution < -0.4 is 4.90 Å². The lowest BCUT2D eigenvalue weighted by molar-refractivity contribution is 0.229. The van der Waals surface area contributed by atoms with Gasteiger partial charge in [0.05, 0.1) is 5.41 Å². The van der Waals surface area contributed by atoms with E-state index in [9.17, 15) is 0 Å². The highest BCUT2D eigenvalue weighted by molar-refractivity contribution is 5.97. The lowest BCUT2D eigenvalue weighted by Crippen LogP contribution is -2.26. The Hall–Kier alpha value is -8.78. The van der Waals surface area contributed by atoms with Crippen molar-refractivity contribution in [1.82, 2.24) is 0 Å². The first-order valence-electron chi connectivity index (χ1n) is 30.0. The third-order valence-corrected chi connectivity index (χ3v) is 19.0. The van der Waals surface area contributed by atoms with E-state index in [1.165, 1.54) is 128 Å². The Kier molecular flexibility index (Phi) is 12.2. The molecule has 3 aliphatic carbocycles. The molecule has 1 heteroatoms. The fourth-order valence-corrected chi connectivity index (χ4v) is 14.9. The van der Waals surface area contributed by atoms with Crippen molar-refractivity contribution >= 4 is 17.1 Å². The van der Waals surface area contributed by atoms with Crippen LogP contribution in [0.25, 0.3) is 77.9 Å². The highest BCUT2D eigenvalue weighted by atomic mass is 15.1. The van der Waals surface area contributed by atoms with Crippen molar-refractivity contribution in [2.75, 3.05) is 4.90 Å². The van der Waals surface area contributed by atoms with Gasteiger partial charge in [-0.25, -0.2) is 0 Å². The quantitative estimate of drug-likeness (QED) is 0.139. The molecule has 11 aromatic carbocycles. The number of hydrogen-bond acceptors (Lipinski definition) is 1. The largest absolute Gasteiger partial charge is 0.310 e. The number of hydrogen-bond donors (Lipinski definition) is 0. The molecule has 0 aliphatic heterocycles. The Labute approximate surface area is 493 Å². The van der Waals surface area contributed by atoms with Crippen LogP contribution in [0.4, 0.5) is 17.1 Å². The SMILES string of the molecule is Cc1cc(-c2ccc3c(c2)C2(c4ccccc4-c4ccc(-c5ccc(C(CC(C)(C)C)C(C)(C)C)cc5)cc42)c2ccccc2-3)c(C)cc1-c1ccc(N(c2ccc(-c3ccccc3)cc2)c2ccc3c(c2)C(C)(C)c2ccccc2-3)cc1. The zero-order valence-electron chi connectivity index (χ0n) is 49.8. The predicted octanol–water partition coefficient (Wildman–Crippen LogP) is 22.7. The van der Waals surface area contributed by atoms with Crippen LogP contribution in [0.15, 0.2) is 243 Å².